The van der Waals surface area contributed by atoms with Gasteiger partial charge in [0.2, 0.25) is 0 Å². The van der Waals surface area contributed by atoms with E-state index in [9.17, 15) is 0 Å². The normalized spacial score (nSPS) is 37.8. The summed E-state index contributed by atoms with van der Waals surface area (Å²) in [4.78, 5) is 0. The fourth-order valence-electron chi connectivity index (χ4n) is 3.54. The van der Waals surface area contributed by atoms with E-state index >= 15 is 0 Å². The van der Waals surface area contributed by atoms with Crippen molar-refractivity contribution >= 4 is 0 Å². The Bertz CT molecular complexity index is 213. The molecule has 1 aliphatic heterocycles. The van der Waals surface area contributed by atoms with Crippen molar-refractivity contribution in [2.45, 2.75) is 70.9 Å². The molecule has 2 rings (SSSR count). The van der Waals surface area contributed by atoms with E-state index < -0.39 is 0 Å². The van der Waals surface area contributed by atoms with Crippen LogP contribution >= 0.6 is 0 Å². The Morgan fingerprint density at radius 3 is 2.76 bits per heavy atom. The molecule has 100 valence electrons. The van der Waals surface area contributed by atoms with Gasteiger partial charge in [-0.25, -0.2) is 0 Å². The molecule has 0 amide bonds. The Hall–Kier alpha value is -0.0800. The van der Waals surface area contributed by atoms with Crippen LogP contribution in [0.3, 0.4) is 0 Å². The van der Waals surface area contributed by atoms with E-state index in [-0.39, 0.29) is 0 Å². The molecule has 0 aromatic carbocycles. The minimum Gasteiger partial charge on any atom is -0.378 e. The van der Waals surface area contributed by atoms with Gasteiger partial charge in [0.05, 0.1) is 6.10 Å². The van der Waals surface area contributed by atoms with Crippen LogP contribution in [0.15, 0.2) is 0 Å². The lowest BCUT2D eigenvalue weighted by molar-refractivity contribution is 0.0960. The van der Waals surface area contributed by atoms with Crippen molar-refractivity contribution in [3.05, 3.63) is 0 Å². The van der Waals surface area contributed by atoms with Gasteiger partial charge < -0.3 is 10.1 Å². The summed E-state index contributed by atoms with van der Waals surface area (Å²) < 4.78 is 5.72. The molecule has 0 aromatic rings. The second-order valence-corrected chi connectivity index (χ2v) is 5.97. The van der Waals surface area contributed by atoms with Crippen molar-refractivity contribution in [2.75, 3.05) is 13.2 Å². The molecule has 2 heteroatoms. The van der Waals surface area contributed by atoms with Crippen molar-refractivity contribution < 1.29 is 4.74 Å². The molecule has 1 heterocycles. The van der Waals surface area contributed by atoms with Gasteiger partial charge in [0.25, 0.3) is 0 Å². The van der Waals surface area contributed by atoms with Crippen LogP contribution < -0.4 is 5.32 Å². The summed E-state index contributed by atoms with van der Waals surface area (Å²) in [5.74, 6) is 1.80. The quantitative estimate of drug-likeness (QED) is 0.767. The number of rotatable bonds is 6. The zero-order valence-corrected chi connectivity index (χ0v) is 11.6. The van der Waals surface area contributed by atoms with Gasteiger partial charge in [0.1, 0.15) is 0 Å². The van der Waals surface area contributed by atoms with E-state index in [1.165, 1.54) is 51.5 Å². The molecule has 1 N–H and O–H groups in total. The third-order valence-electron chi connectivity index (χ3n) is 4.77. The fourth-order valence-corrected chi connectivity index (χ4v) is 3.54. The predicted molar refractivity (Wildman–Crippen MR) is 72.2 cm³/mol. The molecular weight excluding hydrogens is 210 g/mol. The van der Waals surface area contributed by atoms with E-state index in [1.54, 1.807) is 0 Å². The Balaban J connectivity index is 1.67. The summed E-state index contributed by atoms with van der Waals surface area (Å²) in [5, 5.41) is 3.71. The molecule has 1 saturated heterocycles. The van der Waals surface area contributed by atoms with Crippen LogP contribution in [0.25, 0.3) is 0 Å². The van der Waals surface area contributed by atoms with Crippen LogP contribution in [-0.2, 0) is 4.74 Å². The van der Waals surface area contributed by atoms with Crippen LogP contribution in [-0.4, -0.2) is 25.3 Å². The second-order valence-electron chi connectivity index (χ2n) is 5.97. The van der Waals surface area contributed by atoms with Crippen molar-refractivity contribution in [1.82, 2.24) is 5.32 Å². The Labute approximate surface area is 107 Å². The summed E-state index contributed by atoms with van der Waals surface area (Å²) in [6.07, 6.45) is 9.93. The first-order valence-corrected chi connectivity index (χ1v) is 7.66. The number of ether oxygens (including phenoxy) is 1. The lowest BCUT2D eigenvalue weighted by atomic mass is 9.90. The van der Waals surface area contributed by atoms with Gasteiger partial charge in [-0.1, -0.05) is 13.8 Å². The van der Waals surface area contributed by atoms with Gasteiger partial charge in [0, 0.05) is 12.6 Å². The Morgan fingerprint density at radius 2 is 2.06 bits per heavy atom. The van der Waals surface area contributed by atoms with Crippen LogP contribution in [0.5, 0.6) is 0 Å². The van der Waals surface area contributed by atoms with Gasteiger partial charge >= 0.3 is 0 Å². The topological polar surface area (TPSA) is 21.3 Å². The molecule has 4 unspecified atom stereocenters. The van der Waals surface area contributed by atoms with Crippen molar-refractivity contribution in [2.24, 2.45) is 11.8 Å². The van der Waals surface area contributed by atoms with Gasteiger partial charge in [-0.2, -0.15) is 0 Å². The molecule has 0 bridgehead atoms. The highest BCUT2D eigenvalue weighted by Crippen LogP contribution is 2.36. The third kappa shape index (κ3) is 3.69. The Kier molecular flexibility index (Phi) is 5.30. The lowest BCUT2D eigenvalue weighted by Gasteiger charge is -2.22. The van der Waals surface area contributed by atoms with Crippen molar-refractivity contribution in [3.8, 4) is 0 Å². The van der Waals surface area contributed by atoms with E-state index in [0.29, 0.717) is 6.10 Å². The minimum atomic E-state index is 0.588. The summed E-state index contributed by atoms with van der Waals surface area (Å²) in [7, 11) is 0. The van der Waals surface area contributed by atoms with Gasteiger partial charge in [0.15, 0.2) is 0 Å². The third-order valence-corrected chi connectivity index (χ3v) is 4.77. The molecule has 1 saturated carbocycles. The summed E-state index contributed by atoms with van der Waals surface area (Å²) in [6.45, 7) is 6.89. The van der Waals surface area contributed by atoms with Crippen LogP contribution in [0.2, 0.25) is 0 Å². The molecule has 2 nitrogen and oxygen atoms in total. The Morgan fingerprint density at radius 1 is 1.18 bits per heavy atom. The SMILES string of the molecule is CCCNC1CCC(CCC2CCCO2)C1C. The van der Waals surface area contributed by atoms with E-state index in [2.05, 4.69) is 19.2 Å². The van der Waals surface area contributed by atoms with Gasteiger partial charge in [-0.3, -0.25) is 0 Å². The maximum absolute atomic E-state index is 5.72. The van der Waals surface area contributed by atoms with Crippen LogP contribution in [0.1, 0.15) is 58.8 Å². The molecule has 17 heavy (non-hydrogen) atoms. The first kappa shape index (κ1) is 13.4. The fraction of sp³-hybridized carbons (Fsp3) is 1.00. The molecule has 0 spiro atoms. The molecular formula is C15H29NO. The lowest BCUT2D eigenvalue weighted by Crippen LogP contribution is -2.33. The highest BCUT2D eigenvalue weighted by molar-refractivity contribution is 4.87. The van der Waals surface area contributed by atoms with Crippen LogP contribution in [0.4, 0.5) is 0 Å². The highest BCUT2D eigenvalue weighted by Gasteiger charge is 2.32. The number of nitrogens with one attached hydrogen (secondary N) is 1. The summed E-state index contributed by atoms with van der Waals surface area (Å²) in [6, 6.07) is 0.782. The van der Waals surface area contributed by atoms with E-state index in [0.717, 1.165) is 24.5 Å². The average molecular weight is 239 g/mol. The average Bonchev–Trinajstić information content (AvgIpc) is 2.95. The minimum absolute atomic E-state index is 0.588. The molecule has 1 aliphatic carbocycles. The van der Waals surface area contributed by atoms with Gasteiger partial charge in [-0.15, -0.1) is 0 Å². The number of hydrogen-bond acceptors (Lipinski definition) is 2. The van der Waals surface area contributed by atoms with E-state index in [4.69, 9.17) is 4.74 Å². The summed E-state index contributed by atoms with van der Waals surface area (Å²) in [5.41, 5.74) is 0. The monoisotopic (exact) mass is 239 g/mol. The molecule has 2 fully saturated rings. The van der Waals surface area contributed by atoms with Crippen molar-refractivity contribution in [3.63, 3.8) is 0 Å². The molecule has 0 radical (unpaired) electrons. The first-order chi connectivity index (χ1) is 8.31. The molecule has 2 aliphatic rings. The molecule has 4 atom stereocenters. The smallest absolute Gasteiger partial charge is 0.0576 e. The maximum atomic E-state index is 5.72. The zero-order valence-electron chi connectivity index (χ0n) is 11.6. The van der Waals surface area contributed by atoms with Gasteiger partial charge in [-0.05, 0) is 63.3 Å². The van der Waals surface area contributed by atoms with E-state index in [1.807, 2.05) is 0 Å². The predicted octanol–water partition coefficient (Wildman–Crippen LogP) is 3.36. The standard InChI is InChI=1S/C15H29NO/c1-3-10-16-15-9-7-13(12(15)2)6-8-14-5-4-11-17-14/h12-16H,3-11H2,1-2H3. The number of hydrogen-bond donors (Lipinski definition) is 1. The van der Waals surface area contributed by atoms with Crippen LogP contribution in [0, 0.1) is 11.8 Å². The first-order valence-electron chi connectivity index (χ1n) is 7.66. The maximum Gasteiger partial charge on any atom is 0.0576 e. The molecule has 0 aromatic heterocycles. The van der Waals surface area contributed by atoms with Crippen molar-refractivity contribution in [1.29, 1.82) is 0 Å². The summed E-state index contributed by atoms with van der Waals surface area (Å²) >= 11 is 0. The largest absolute Gasteiger partial charge is 0.378 e. The second kappa shape index (κ2) is 6.75. The zero-order chi connectivity index (χ0) is 12.1. The highest BCUT2D eigenvalue weighted by atomic mass is 16.5.